The Hall–Kier alpha value is -3.07. The fourth-order valence-corrected chi connectivity index (χ4v) is 5.81. The van der Waals surface area contributed by atoms with E-state index in [1.54, 1.807) is 30.3 Å². The molecule has 0 fully saturated rings. The second-order valence-corrected chi connectivity index (χ2v) is 12.8. The molecule has 0 aliphatic rings. The number of halogens is 2. The van der Waals surface area contributed by atoms with Crippen molar-refractivity contribution in [2.24, 2.45) is 0 Å². The first-order valence-corrected chi connectivity index (χ1v) is 15.5. The highest BCUT2D eigenvalue weighted by molar-refractivity contribution is 7.92. The minimum Gasteiger partial charge on any atom is -0.352 e. The molecule has 0 aliphatic carbocycles. The third kappa shape index (κ3) is 7.99. The zero-order valence-corrected chi connectivity index (χ0v) is 25.6. The second kappa shape index (κ2) is 13.5. The number of benzene rings is 3. The van der Waals surface area contributed by atoms with E-state index in [9.17, 15) is 18.0 Å². The highest BCUT2D eigenvalue weighted by Gasteiger charge is 2.34. The van der Waals surface area contributed by atoms with Crippen LogP contribution in [0.15, 0.2) is 66.7 Å². The third-order valence-corrected chi connectivity index (χ3v) is 8.45. The number of amides is 2. The van der Waals surface area contributed by atoms with Crippen molar-refractivity contribution in [1.29, 1.82) is 0 Å². The van der Waals surface area contributed by atoms with Gasteiger partial charge < -0.3 is 10.2 Å². The molecule has 0 saturated heterocycles. The molecule has 0 aromatic heterocycles. The lowest BCUT2D eigenvalue weighted by molar-refractivity contribution is -0.140. The number of nitrogens with one attached hydrogen (secondary N) is 1. The van der Waals surface area contributed by atoms with E-state index >= 15 is 0 Å². The Morgan fingerprint density at radius 3 is 2.08 bits per heavy atom. The predicted molar refractivity (Wildman–Crippen MR) is 162 cm³/mol. The van der Waals surface area contributed by atoms with Crippen LogP contribution in [0.25, 0.3) is 0 Å². The second-order valence-electron chi connectivity index (χ2n) is 10.1. The van der Waals surface area contributed by atoms with Gasteiger partial charge in [-0.25, -0.2) is 8.42 Å². The predicted octanol–water partition coefficient (Wildman–Crippen LogP) is 5.54. The summed E-state index contributed by atoms with van der Waals surface area (Å²) in [5, 5.41) is 3.59. The minimum atomic E-state index is -3.87. The Bertz CT molecular complexity index is 1440. The lowest BCUT2D eigenvalue weighted by Gasteiger charge is -2.34. The standard InChI is InChI=1S/C30H35Cl2N3O4S/c1-20(2)33-30(37)28(17-23-12-7-6-8-13-23)34(18-24-25(31)14-10-15-26(24)32)29(36)19-35(40(5,38)39)27-16-9-11-21(3)22(27)4/h6-16,20,28H,17-19H2,1-5H3,(H,33,37)/t28-/m1/s1. The SMILES string of the molecule is Cc1cccc(N(CC(=O)N(Cc2c(Cl)cccc2Cl)[C@H](Cc2ccccc2)C(=O)NC(C)C)S(C)(=O)=O)c1C. The van der Waals surface area contributed by atoms with E-state index in [1.807, 2.05) is 64.1 Å². The summed E-state index contributed by atoms with van der Waals surface area (Å²) in [5.41, 5.74) is 3.32. The van der Waals surface area contributed by atoms with Gasteiger partial charge in [-0.1, -0.05) is 71.7 Å². The van der Waals surface area contributed by atoms with E-state index in [2.05, 4.69) is 5.32 Å². The van der Waals surface area contributed by atoms with E-state index in [-0.39, 0.29) is 24.9 Å². The summed E-state index contributed by atoms with van der Waals surface area (Å²) in [5.74, 6) is -0.935. The van der Waals surface area contributed by atoms with Crippen LogP contribution in [0, 0.1) is 13.8 Å². The molecule has 0 unspecified atom stereocenters. The van der Waals surface area contributed by atoms with Gasteiger partial charge in [-0.2, -0.15) is 0 Å². The van der Waals surface area contributed by atoms with Crippen molar-refractivity contribution in [2.75, 3.05) is 17.1 Å². The largest absolute Gasteiger partial charge is 0.352 e. The smallest absolute Gasteiger partial charge is 0.244 e. The van der Waals surface area contributed by atoms with Gasteiger partial charge in [0, 0.05) is 34.6 Å². The first-order chi connectivity index (χ1) is 18.8. The number of hydrogen-bond acceptors (Lipinski definition) is 4. The molecular weight excluding hydrogens is 569 g/mol. The van der Waals surface area contributed by atoms with Crippen molar-refractivity contribution in [3.8, 4) is 0 Å². The summed E-state index contributed by atoms with van der Waals surface area (Å²) in [6, 6.07) is 18.5. The van der Waals surface area contributed by atoms with E-state index < -0.39 is 28.5 Å². The summed E-state index contributed by atoms with van der Waals surface area (Å²) in [6.07, 6.45) is 1.26. The quantitative estimate of drug-likeness (QED) is 0.312. The molecule has 3 aromatic carbocycles. The lowest BCUT2D eigenvalue weighted by Crippen LogP contribution is -2.54. The Balaban J connectivity index is 2.13. The molecule has 0 radical (unpaired) electrons. The van der Waals surface area contributed by atoms with E-state index in [4.69, 9.17) is 23.2 Å². The molecule has 1 N–H and O–H groups in total. The molecule has 0 saturated carbocycles. The van der Waals surface area contributed by atoms with Crippen LogP contribution < -0.4 is 9.62 Å². The van der Waals surface area contributed by atoms with Crippen LogP contribution in [0.5, 0.6) is 0 Å². The highest BCUT2D eigenvalue weighted by atomic mass is 35.5. The number of carbonyl (C=O) groups excluding carboxylic acids is 2. The zero-order valence-electron chi connectivity index (χ0n) is 23.3. The molecule has 0 heterocycles. The van der Waals surface area contributed by atoms with E-state index in [0.29, 0.717) is 21.3 Å². The van der Waals surface area contributed by atoms with Crippen LogP contribution in [0.3, 0.4) is 0 Å². The fraction of sp³-hybridized carbons (Fsp3) is 0.333. The number of anilines is 1. The maximum atomic E-state index is 14.2. The number of carbonyl (C=O) groups is 2. The van der Waals surface area contributed by atoms with Crippen molar-refractivity contribution in [3.05, 3.63) is 99.0 Å². The summed E-state index contributed by atoms with van der Waals surface area (Å²) >= 11 is 13.0. The molecule has 3 rings (SSSR count). The van der Waals surface area contributed by atoms with Crippen LogP contribution in [-0.4, -0.2) is 50.0 Å². The molecule has 10 heteroatoms. The number of rotatable bonds is 11. The van der Waals surface area contributed by atoms with Gasteiger partial charge in [0.05, 0.1) is 11.9 Å². The number of sulfonamides is 1. The summed E-state index contributed by atoms with van der Waals surface area (Å²) in [6.45, 7) is 6.75. The van der Waals surface area contributed by atoms with Gasteiger partial charge >= 0.3 is 0 Å². The zero-order chi connectivity index (χ0) is 29.6. The topological polar surface area (TPSA) is 86.8 Å². The van der Waals surface area contributed by atoms with Gasteiger partial charge in [0.1, 0.15) is 12.6 Å². The average Bonchev–Trinajstić information content (AvgIpc) is 2.87. The number of nitrogens with zero attached hydrogens (tertiary/aromatic N) is 2. The average molecular weight is 605 g/mol. The molecule has 1 atom stereocenters. The van der Waals surface area contributed by atoms with Gasteiger partial charge in [0.2, 0.25) is 21.8 Å². The Morgan fingerprint density at radius 1 is 0.900 bits per heavy atom. The van der Waals surface area contributed by atoms with Crippen LogP contribution in [0.1, 0.15) is 36.1 Å². The van der Waals surface area contributed by atoms with Crippen molar-refractivity contribution in [1.82, 2.24) is 10.2 Å². The highest BCUT2D eigenvalue weighted by Crippen LogP contribution is 2.29. The lowest BCUT2D eigenvalue weighted by atomic mass is 10.0. The van der Waals surface area contributed by atoms with Gasteiger partial charge in [-0.3, -0.25) is 13.9 Å². The van der Waals surface area contributed by atoms with Gasteiger partial charge in [-0.05, 0) is 62.6 Å². The first kappa shape index (κ1) is 31.5. The Kier molecular flexibility index (Phi) is 10.6. The molecule has 0 aliphatic heterocycles. The monoisotopic (exact) mass is 603 g/mol. The summed E-state index contributed by atoms with van der Waals surface area (Å²) in [7, 11) is -3.87. The Labute approximate surface area is 247 Å². The molecule has 2 amide bonds. The van der Waals surface area contributed by atoms with Crippen LogP contribution in [0.4, 0.5) is 5.69 Å². The fourth-order valence-electron chi connectivity index (χ4n) is 4.39. The van der Waals surface area contributed by atoms with E-state index in [1.165, 1.54) is 4.90 Å². The van der Waals surface area contributed by atoms with Crippen molar-refractivity contribution >= 4 is 50.7 Å². The Morgan fingerprint density at radius 2 is 1.50 bits per heavy atom. The van der Waals surface area contributed by atoms with Crippen LogP contribution >= 0.6 is 23.2 Å². The minimum absolute atomic E-state index is 0.0925. The van der Waals surface area contributed by atoms with Crippen molar-refractivity contribution < 1.29 is 18.0 Å². The van der Waals surface area contributed by atoms with Gasteiger partial charge in [-0.15, -0.1) is 0 Å². The molecule has 7 nitrogen and oxygen atoms in total. The third-order valence-electron chi connectivity index (χ3n) is 6.62. The maximum absolute atomic E-state index is 14.2. The molecule has 0 bridgehead atoms. The van der Waals surface area contributed by atoms with Crippen LogP contribution in [-0.2, 0) is 32.6 Å². The summed E-state index contributed by atoms with van der Waals surface area (Å²) in [4.78, 5) is 29.2. The van der Waals surface area contributed by atoms with Crippen molar-refractivity contribution in [2.45, 2.75) is 52.7 Å². The van der Waals surface area contributed by atoms with Gasteiger partial charge in [0.25, 0.3) is 0 Å². The van der Waals surface area contributed by atoms with E-state index in [0.717, 1.165) is 27.3 Å². The van der Waals surface area contributed by atoms with Crippen LogP contribution in [0.2, 0.25) is 10.0 Å². The van der Waals surface area contributed by atoms with Crippen molar-refractivity contribution in [3.63, 3.8) is 0 Å². The summed E-state index contributed by atoms with van der Waals surface area (Å²) < 4.78 is 27.1. The molecule has 3 aromatic rings. The van der Waals surface area contributed by atoms with Gasteiger partial charge in [0.15, 0.2) is 0 Å². The first-order valence-electron chi connectivity index (χ1n) is 12.9. The normalized spacial score (nSPS) is 12.2. The molecule has 0 spiro atoms. The number of aryl methyl sites for hydroxylation is 1. The molecule has 40 heavy (non-hydrogen) atoms. The molecule has 214 valence electrons. The molecular formula is C30H35Cl2N3O4S. The number of hydrogen-bond donors (Lipinski definition) is 1. The maximum Gasteiger partial charge on any atom is 0.244 e.